The van der Waals surface area contributed by atoms with Gasteiger partial charge in [-0.3, -0.25) is 0 Å². The fraction of sp³-hybridized carbons (Fsp3) is 0.833. The van der Waals surface area contributed by atoms with Crippen molar-refractivity contribution in [3.05, 3.63) is 5.82 Å². The second kappa shape index (κ2) is 3.43. The molecule has 0 unspecified atom stereocenters. The predicted octanol–water partition coefficient (Wildman–Crippen LogP) is -0.292. The fourth-order valence-corrected chi connectivity index (χ4v) is 0.693. The van der Waals surface area contributed by atoms with Gasteiger partial charge in [-0.05, 0) is 10.4 Å². The molecular weight excluding hydrogens is 142 g/mol. The molecule has 0 saturated carbocycles. The molecule has 11 heavy (non-hydrogen) atoms. The van der Waals surface area contributed by atoms with E-state index in [-0.39, 0.29) is 0 Å². The van der Waals surface area contributed by atoms with E-state index in [2.05, 4.69) is 34.7 Å². The number of tetrazole rings is 1. The maximum Gasteiger partial charge on any atom is 0.164 e. The van der Waals surface area contributed by atoms with Crippen molar-refractivity contribution < 1.29 is 0 Å². The van der Waals surface area contributed by atoms with Gasteiger partial charge >= 0.3 is 0 Å². The summed E-state index contributed by atoms with van der Waals surface area (Å²) in [6, 6.07) is 0.465. The van der Waals surface area contributed by atoms with Crippen molar-refractivity contribution in [2.75, 3.05) is 0 Å². The molecule has 62 valence electrons. The third kappa shape index (κ3) is 2.27. The van der Waals surface area contributed by atoms with Gasteiger partial charge in [-0.1, -0.05) is 13.8 Å². The van der Waals surface area contributed by atoms with Crippen molar-refractivity contribution in [3.63, 3.8) is 0 Å². The SMILES string of the molecule is CC(C)NCc1nnnn1C. The lowest BCUT2D eigenvalue weighted by molar-refractivity contribution is 0.551. The van der Waals surface area contributed by atoms with Crippen molar-refractivity contribution in [1.29, 1.82) is 0 Å². The van der Waals surface area contributed by atoms with Crippen LogP contribution in [0.25, 0.3) is 0 Å². The number of nitrogens with one attached hydrogen (secondary N) is 1. The molecule has 1 aromatic heterocycles. The summed E-state index contributed by atoms with van der Waals surface area (Å²) in [7, 11) is 1.83. The van der Waals surface area contributed by atoms with Gasteiger partial charge in [-0.2, -0.15) is 0 Å². The molecule has 1 rings (SSSR count). The Morgan fingerprint density at radius 1 is 1.55 bits per heavy atom. The van der Waals surface area contributed by atoms with Gasteiger partial charge in [-0.15, -0.1) is 5.10 Å². The molecule has 0 aliphatic carbocycles. The topological polar surface area (TPSA) is 55.6 Å². The average Bonchev–Trinajstić information content (AvgIpc) is 2.31. The van der Waals surface area contributed by atoms with Gasteiger partial charge in [0.1, 0.15) is 0 Å². The van der Waals surface area contributed by atoms with Gasteiger partial charge in [0.05, 0.1) is 6.54 Å². The zero-order chi connectivity index (χ0) is 8.27. The van der Waals surface area contributed by atoms with Crippen LogP contribution in [0.15, 0.2) is 0 Å². The van der Waals surface area contributed by atoms with Crippen LogP contribution in [0.3, 0.4) is 0 Å². The Labute approximate surface area is 65.8 Å². The summed E-state index contributed by atoms with van der Waals surface area (Å²) in [6.45, 7) is 4.90. The highest BCUT2D eigenvalue weighted by Crippen LogP contribution is 1.88. The zero-order valence-corrected chi connectivity index (χ0v) is 7.07. The van der Waals surface area contributed by atoms with Crippen LogP contribution in [0.4, 0.5) is 0 Å². The Balaban J connectivity index is 2.44. The van der Waals surface area contributed by atoms with Crippen molar-refractivity contribution in [1.82, 2.24) is 25.5 Å². The third-order valence-corrected chi connectivity index (χ3v) is 1.38. The predicted molar refractivity (Wildman–Crippen MR) is 40.8 cm³/mol. The van der Waals surface area contributed by atoms with Crippen LogP contribution in [0, 0.1) is 0 Å². The van der Waals surface area contributed by atoms with E-state index in [1.807, 2.05) is 7.05 Å². The van der Waals surface area contributed by atoms with Crippen LogP contribution in [0.1, 0.15) is 19.7 Å². The lowest BCUT2D eigenvalue weighted by Crippen LogP contribution is -2.23. The number of hydrogen-bond acceptors (Lipinski definition) is 4. The highest BCUT2D eigenvalue weighted by molar-refractivity contribution is 4.78. The zero-order valence-electron chi connectivity index (χ0n) is 7.07. The van der Waals surface area contributed by atoms with Crippen LogP contribution >= 0.6 is 0 Å². The van der Waals surface area contributed by atoms with Crippen LogP contribution < -0.4 is 5.32 Å². The Bertz CT molecular complexity index is 217. The molecule has 0 atom stereocenters. The van der Waals surface area contributed by atoms with E-state index in [4.69, 9.17) is 0 Å². The van der Waals surface area contributed by atoms with Crippen LogP contribution in [-0.2, 0) is 13.6 Å². The van der Waals surface area contributed by atoms with Gasteiger partial charge < -0.3 is 5.32 Å². The first-order valence-electron chi connectivity index (χ1n) is 3.64. The summed E-state index contributed by atoms with van der Waals surface area (Å²) < 4.78 is 1.66. The number of rotatable bonds is 3. The summed E-state index contributed by atoms with van der Waals surface area (Å²) in [4.78, 5) is 0. The van der Waals surface area contributed by atoms with Crippen molar-refractivity contribution in [2.45, 2.75) is 26.4 Å². The fourth-order valence-electron chi connectivity index (χ4n) is 0.693. The summed E-state index contributed by atoms with van der Waals surface area (Å²) in [5.74, 6) is 0.860. The maximum atomic E-state index is 3.83. The molecule has 1 N–H and O–H groups in total. The minimum atomic E-state index is 0.465. The third-order valence-electron chi connectivity index (χ3n) is 1.38. The summed E-state index contributed by atoms with van der Waals surface area (Å²) in [5, 5.41) is 14.3. The first-order valence-corrected chi connectivity index (χ1v) is 3.64. The van der Waals surface area contributed by atoms with Crippen molar-refractivity contribution >= 4 is 0 Å². The molecule has 1 aromatic rings. The van der Waals surface area contributed by atoms with Crippen LogP contribution in [-0.4, -0.2) is 26.2 Å². The summed E-state index contributed by atoms with van der Waals surface area (Å²) in [5.41, 5.74) is 0. The van der Waals surface area contributed by atoms with Crippen molar-refractivity contribution in [2.24, 2.45) is 7.05 Å². The van der Waals surface area contributed by atoms with E-state index in [0.717, 1.165) is 12.4 Å². The van der Waals surface area contributed by atoms with E-state index in [9.17, 15) is 0 Å². The largest absolute Gasteiger partial charge is 0.308 e. The Morgan fingerprint density at radius 3 is 2.73 bits per heavy atom. The van der Waals surface area contributed by atoms with Gasteiger partial charge in [0.2, 0.25) is 0 Å². The molecule has 0 aliphatic heterocycles. The van der Waals surface area contributed by atoms with Gasteiger partial charge in [-0.25, -0.2) is 4.68 Å². The standard InChI is InChI=1S/C6H13N5/c1-5(2)7-4-6-8-9-10-11(6)3/h5,7H,4H2,1-3H3. The quantitative estimate of drug-likeness (QED) is 0.651. The van der Waals surface area contributed by atoms with Gasteiger partial charge in [0.15, 0.2) is 5.82 Å². The number of hydrogen-bond donors (Lipinski definition) is 1. The molecule has 0 amide bonds. The lowest BCUT2D eigenvalue weighted by Gasteiger charge is -2.05. The number of nitrogens with zero attached hydrogens (tertiary/aromatic N) is 4. The molecule has 5 nitrogen and oxygen atoms in total. The lowest BCUT2D eigenvalue weighted by atomic mass is 10.4. The van der Waals surface area contributed by atoms with Crippen LogP contribution in [0.5, 0.6) is 0 Å². The first kappa shape index (κ1) is 8.13. The van der Waals surface area contributed by atoms with E-state index >= 15 is 0 Å². The number of aryl methyl sites for hydroxylation is 1. The molecule has 0 bridgehead atoms. The Hall–Kier alpha value is -0.970. The second-order valence-corrected chi connectivity index (χ2v) is 2.75. The maximum absolute atomic E-state index is 3.83. The average molecular weight is 155 g/mol. The Morgan fingerprint density at radius 2 is 2.27 bits per heavy atom. The minimum absolute atomic E-state index is 0.465. The number of aromatic nitrogens is 4. The van der Waals surface area contributed by atoms with E-state index < -0.39 is 0 Å². The molecule has 0 aliphatic rings. The molecule has 0 saturated heterocycles. The normalized spacial score (nSPS) is 10.9. The van der Waals surface area contributed by atoms with Crippen LogP contribution in [0.2, 0.25) is 0 Å². The van der Waals surface area contributed by atoms with E-state index in [1.54, 1.807) is 4.68 Å². The van der Waals surface area contributed by atoms with Gasteiger partial charge in [0.25, 0.3) is 0 Å². The molecule has 0 fully saturated rings. The molecular formula is C6H13N5. The van der Waals surface area contributed by atoms with Crippen molar-refractivity contribution in [3.8, 4) is 0 Å². The first-order chi connectivity index (χ1) is 5.20. The van der Waals surface area contributed by atoms with E-state index in [1.165, 1.54) is 0 Å². The molecule has 0 aromatic carbocycles. The van der Waals surface area contributed by atoms with E-state index in [0.29, 0.717) is 6.04 Å². The molecule has 0 spiro atoms. The second-order valence-electron chi connectivity index (χ2n) is 2.75. The smallest absolute Gasteiger partial charge is 0.164 e. The summed E-state index contributed by atoms with van der Waals surface area (Å²) >= 11 is 0. The molecule has 0 radical (unpaired) electrons. The molecule has 5 heteroatoms. The minimum Gasteiger partial charge on any atom is -0.308 e. The molecule has 1 heterocycles. The van der Waals surface area contributed by atoms with Gasteiger partial charge in [0, 0.05) is 13.1 Å². The highest BCUT2D eigenvalue weighted by Gasteiger charge is 2.00. The monoisotopic (exact) mass is 155 g/mol. The Kier molecular flexibility index (Phi) is 2.53. The highest BCUT2D eigenvalue weighted by atomic mass is 15.5. The summed E-state index contributed by atoms with van der Waals surface area (Å²) in [6.07, 6.45) is 0.